The molecule has 0 spiro atoms. The topological polar surface area (TPSA) is 353 Å². The maximum atomic E-state index is 13.0. The van der Waals surface area contributed by atoms with Crippen LogP contribution >= 0.6 is 0 Å². The Labute approximate surface area is 380 Å². The van der Waals surface area contributed by atoms with Crippen LogP contribution in [0.3, 0.4) is 0 Å². The molecule has 22 nitrogen and oxygen atoms in total. The van der Waals surface area contributed by atoms with Gasteiger partial charge in [-0.25, -0.2) is 4.79 Å². The van der Waals surface area contributed by atoms with Crippen molar-refractivity contribution in [2.45, 2.75) is 227 Å². The van der Waals surface area contributed by atoms with Crippen molar-refractivity contribution in [1.29, 1.82) is 0 Å². The second-order valence-corrected chi connectivity index (χ2v) is 17.6. The number of aliphatic hydroxyl groups is 9. The molecule has 3 fully saturated rings. The van der Waals surface area contributed by atoms with Crippen LogP contribution in [-0.2, 0) is 42.9 Å². The Morgan fingerprint density at radius 2 is 1.23 bits per heavy atom. The Morgan fingerprint density at radius 1 is 0.692 bits per heavy atom. The van der Waals surface area contributed by atoms with Crippen LogP contribution in [0.4, 0.5) is 0 Å². The molecule has 0 aromatic heterocycles. The summed E-state index contributed by atoms with van der Waals surface area (Å²) in [7, 11) is 0. The first-order chi connectivity index (χ1) is 30.9. The fraction of sp³-hybridized carbons (Fsp3) is 0.907. The monoisotopic (exact) mass is 940 g/mol. The molecule has 13 N–H and O–H groups in total. The molecule has 3 saturated heterocycles. The van der Waals surface area contributed by atoms with Crippen LogP contribution in [0.5, 0.6) is 0 Å². The van der Waals surface area contributed by atoms with E-state index in [2.05, 4.69) is 22.9 Å². The quantitative estimate of drug-likeness (QED) is 0.0372. The largest absolute Gasteiger partial charge is 0.477 e. The van der Waals surface area contributed by atoms with Gasteiger partial charge >= 0.3 is 5.97 Å². The summed E-state index contributed by atoms with van der Waals surface area (Å²) < 4.78 is 28.6. The normalized spacial score (nSPS) is 33.8. The minimum absolute atomic E-state index is 0.130. The van der Waals surface area contributed by atoms with Crippen LogP contribution in [0, 0.1) is 0 Å². The van der Waals surface area contributed by atoms with E-state index in [-0.39, 0.29) is 6.42 Å². The highest BCUT2D eigenvalue weighted by Gasteiger charge is 2.57. The molecule has 22 heteroatoms. The Kier molecular flexibility index (Phi) is 24.9. The Bertz CT molecular complexity index is 1430. The summed E-state index contributed by atoms with van der Waals surface area (Å²) in [6.45, 7) is 1.62. The maximum absolute atomic E-state index is 13.0. The van der Waals surface area contributed by atoms with Gasteiger partial charge in [-0.1, -0.05) is 96.8 Å². The van der Waals surface area contributed by atoms with E-state index in [1.165, 1.54) is 64.2 Å². The van der Waals surface area contributed by atoms with Gasteiger partial charge < -0.3 is 90.7 Å². The van der Waals surface area contributed by atoms with Crippen LogP contribution in [0.1, 0.15) is 130 Å². The Morgan fingerprint density at radius 3 is 1.74 bits per heavy atom. The molecule has 65 heavy (non-hydrogen) atoms. The first-order valence-electron chi connectivity index (χ1n) is 23.2. The van der Waals surface area contributed by atoms with E-state index in [0.717, 1.165) is 39.5 Å². The molecule has 3 heterocycles. The third-order valence-corrected chi connectivity index (χ3v) is 12.2. The zero-order valence-electron chi connectivity index (χ0n) is 37.9. The number of carboxylic acid groups (broad SMARTS) is 1. The number of hydrogen-bond donors (Lipinski definition) is 13. The predicted octanol–water partition coefficient (Wildman–Crippen LogP) is -1.69. The summed E-state index contributed by atoms with van der Waals surface area (Å²) in [5.41, 5.74) is 0. The Hall–Kier alpha value is -2.68. The molecule has 3 rings (SSSR count). The number of rotatable bonds is 29. The van der Waals surface area contributed by atoms with Gasteiger partial charge in [0.2, 0.25) is 17.7 Å². The highest BCUT2D eigenvalue weighted by Crippen LogP contribution is 2.35. The minimum atomic E-state index is -2.86. The van der Waals surface area contributed by atoms with Crippen LogP contribution < -0.4 is 16.0 Å². The van der Waals surface area contributed by atoms with Crippen molar-refractivity contribution in [1.82, 2.24) is 16.0 Å². The fourth-order valence-electron chi connectivity index (χ4n) is 8.49. The van der Waals surface area contributed by atoms with E-state index in [1.807, 2.05) is 0 Å². The third kappa shape index (κ3) is 17.1. The van der Waals surface area contributed by atoms with Crippen LogP contribution in [0.25, 0.3) is 0 Å². The first kappa shape index (κ1) is 56.6. The van der Waals surface area contributed by atoms with Gasteiger partial charge in [0, 0.05) is 26.7 Å². The number of aliphatic hydroxyl groups excluding tert-OH is 9. The van der Waals surface area contributed by atoms with Gasteiger partial charge in [-0.3, -0.25) is 14.4 Å². The smallest absolute Gasteiger partial charge is 0.364 e. The van der Waals surface area contributed by atoms with Crippen LogP contribution in [0.15, 0.2) is 0 Å². The third-order valence-electron chi connectivity index (χ3n) is 12.2. The molecule has 0 aliphatic carbocycles. The van der Waals surface area contributed by atoms with Crippen LogP contribution in [0.2, 0.25) is 0 Å². The summed E-state index contributed by atoms with van der Waals surface area (Å²) in [6, 6.07) is -2.86. The molecule has 0 saturated carbocycles. The summed E-state index contributed by atoms with van der Waals surface area (Å²) in [6.07, 6.45) is -7.00. The number of carbonyl (C=O) groups is 4. The van der Waals surface area contributed by atoms with Gasteiger partial charge in [0.15, 0.2) is 12.5 Å². The average Bonchev–Trinajstić information content (AvgIpc) is 3.26. The van der Waals surface area contributed by atoms with Crippen molar-refractivity contribution in [2.75, 3.05) is 19.8 Å². The molecule has 3 aliphatic rings. The minimum Gasteiger partial charge on any atom is -0.477 e. The van der Waals surface area contributed by atoms with Gasteiger partial charge in [-0.15, -0.1) is 0 Å². The van der Waals surface area contributed by atoms with E-state index < -0.39 is 147 Å². The number of amides is 3. The van der Waals surface area contributed by atoms with E-state index in [0.29, 0.717) is 6.42 Å². The number of ether oxygens (including phenoxy) is 5. The summed E-state index contributed by atoms with van der Waals surface area (Å²) in [5.74, 6) is -6.51. The van der Waals surface area contributed by atoms with Crippen molar-refractivity contribution in [2.24, 2.45) is 0 Å². The molecular weight excluding hydrogens is 862 g/mol. The standard InChI is InChI=1S/C43H77N3O19/c1-4-5-6-7-8-9-10-11-12-13-14-15-16-17-18-19-30(53)46-40-32(45-25(3)50)35(56)38(28(22-48)62-40)64-41-37(58)36(57)34(55)29(63-41)23-61-43(42(59)60)20-26(51)31(44-24(2)49)39(65-43)33(54)27(52)21-47/h26-29,31-41,47-48,51-52,54-58H,4-23H2,1-3H3,(H,44,49)(H,45,50)(H,46,53)(H,59,60)/t26-,27+,28+,29+,31+,32+,33+,34-,35+,36-,37+,38+,39+,40+,41-,43+/m0/s1. The second kappa shape index (κ2) is 28.6. The van der Waals surface area contributed by atoms with Crippen molar-refractivity contribution >= 4 is 23.7 Å². The summed E-state index contributed by atoms with van der Waals surface area (Å²) >= 11 is 0. The van der Waals surface area contributed by atoms with Gasteiger partial charge in [0.25, 0.3) is 5.79 Å². The van der Waals surface area contributed by atoms with E-state index >= 15 is 0 Å². The Balaban J connectivity index is 1.60. The predicted molar refractivity (Wildman–Crippen MR) is 227 cm³/mol. The molecule has 0 aromatic carbocycles. The molecule has 16 atom stereocenters. The van der Waals surface area contributed by atoms with Crippen molar-refractivity contribution in [3.8, 4) is 0 Å². The second-order valence-electron chi connectivity index (χ2n) is 17.6. The lowest BCUT2D eigenvalue weighted by Crippen LogP contribution is -2.70. The molecule has 3 amide bonds. The van der Waals surface area contributed by atoms with E-state index in [1.54, 1.807) is 0 Å². The maximum Gasteiger partial charge on any atom is 0.364 e. The lowest BCUT2D eigenvalue weighted by atomic mass is 9.88. The zero-order valence-corrected chi connectivity index (χ0v) is 37.9. The van der Waals surface area contributed by atoms with Gasteiger partial charge in [-0.05, 0) is 6.42 Å². The number of hydrogen-bond acceptors (Lipinski definition) is 18. The van der Waals surface area contributed by atoms with Crippen molar-refractivity contribution in [3.05, 3.63) is 0 Å². The van der Waals surface area contributed by atoms with Crippen LogP contribution in [-0.4, -0.2) is 192 Å². The molecule has 0 bridgehead atoms. The molecule has 0 unspecified atom stereocenters. The number of aliphatic carboxylic acids is 1. The average molecular weight is 940 g/mol. The highest BCUT2D eigenvalue weighted by atomic mass is 16.8. The molecular formula is C43H77N3O19. The number of unbranched alkanes of at least 4 members (excludes halogenated alkanes) is 14. The summed E-state index contributed by atoms with van der Waals surface area (Å²) in [5, 5.41) is 113. The number of carbonyl (C=O) groups excluding carboxylic acids is 3. The van der Waals surface area contributed by atoms with Crippen molar-refractivity contribution in [3.63, 3.8) is 0 Å². The SMILES string of the molecule is CCCCCCCCCCCCCCCCCC(=O)N[C@@H]1O[C@H](CO)[C@@H](O[C@@H]2O[C@H](CO[C@]3(C(=O)O)C[C@H](O)[C@@H](NC(C)=O)[C@H]([C@H](O)[C@H](O)CO)O3)[C@H](O)[C@H](O)[C@H]2O)[C@H](O)[C@H]1NC(C)=O. The molecule has 0 aromatic rings. The first-order valence-corrected chi connectivity index (χ1v) is 23.2. The highest BCUT2D eigenvalue weighted by molar-refractivity contribution is 5.77. The molecule has 3 aliphatic heterocycles. The van der Waals surface area contributed by atoms with Gasteiger partial charge in [-0.2, -0.15) is 0 Å². The lowest BCUT2D eigenvalue weighted by molar-refractivity contribution is -0.353. The van der Waals surface area contributed by atoms with Gasteiger partial charge in [0.05, 0.1) is 32.0 Å². The van der Waals surface area contributed by atoms with E-state index in [9.17, 15) is 70.2 Å². The number of nitrogens with one attached hydrogen (secondary N) is 3. The number of carboxylic acids is 1. The van der Waals surface area contributed by atoms with Gasteiger partial charge in [0.1, 0.15) is 67.1 Å². The zero-order chi connectivity index (χ0) is 48.3. The lowest BCUT2D eigenvalue weighted by Gasteiger charge is -2.48. The molecule has 0 radical (unpaired) electrons. The van der Waals surface area contributed by atoms with E-state index in [4.69, 9.17) is 23.7 Å². The van der Waals surface area contributed by atoms with Crippen molar-refractivity contribution < 1.29 is 93.9 Å². The molecule has 378 valence electrons. The summed E-state index contributed by atoms with van der Waals surface area (Å²) in [4.78, 5) is 49.8. The fourth-order valence-corrected chi connectivity index (χ4v) is 8.49.